The van der Waals surface area contributed by atoms with E-state index < -0.39 is 11.6 Å². The van der Waals surface area contributed by atoms with E-state index in [1.165, 1.54) is 18.3 Å². The SMILES string of the molecule is NCCNC(=O)c1cnc2c(F)c(F)ccc2c1. The van der Waals surface area contributed by atoms with Crippen LogP contribution in [-0.4, -0.2) is 24.0 Å². The van der Waals surface area contributed by atoms with Gasteiger partial charge < -0.3 is 11.1 Å². The van der Waals surface area contributed by atoms with Crippen molar-refractivity contribution < 1.29 is 13.6 Å². The molecule has 1 amide bonds. The lowest BCUT2D eigenvalue weighted by molar-refractivity contribution is 0.0954. The molecule has 1 heterocycles. The van der Waals surface area contributed by atoms with Gasteiger partial charge in [-0.15, -0.1) is 0 Å². The highest BCUT2D eigenvalue weighted by Gasteiger charge is 2.11. The molecule has 1 aromatic carbocycles. The van der Waals surface area contributed by atoms with Crippen molar-refractivity contribution in [1.29, 1.82) is 0 Å². The molecule has 0 aliphatic carbocycles. The van der Waals surface area contributed by atoms with Crippen molar-refractivity contribution in [2.45, 2.75) is 0 Å². The van der Waals surface area contributed by atoms with E-state index in [2.05, 4.69) is 10.3 Å². The van der Waals surface area contributed by atoms with Gasteiger partial charge in [0, 0.05) is 24.7 Å². The van der Waals surface area contributed by atoms with Crippen LogP contribution in [0.3, 0.4) is 0 Å². The van der Waals surface area contributed by atoms with E-state index in [-0.39, 0.29) is 17.0 Å². The van der Waals surface area contributed by atoms with E-state index in [0.29, 0.717) is 18.5 Å². The summed E-state index contributed by atoms with van der Waals surface area (Å²) in [5.41, 5.74) is 5.45. The monoisotopic (exact) mass is 251 g/mol. The van der Waals surface area contributed by atoms with Crippen LogP contribution in [-0.2, 0) is 0 Å². The molecule has 2 aromatic rings. The Kier molecular flexibility index (Phi) is 3.47. The van der Waals surface area contributed by atoms with Gasteiger partial charge in [-0.1, -0.05) is 0 Å². The highest BCUT2D eigenvalue weighted by atomic mass is 19.2. The third kappa shape index (κ3) is 2.28. The molecule has 0 radical (unpaired) electrons. The molecule has 0 aliphatic rings. The summed E-state index contributed by atoms with van der Waals surface area (Å²) in [5.74, 6) is -2.32. The zero-order chi connectivity index (χ0) is 13.1. The van der Waals surface area contributed by atoms with E-state index in [4.69, 9.17) is 5.73 Å². The zero-order valence-corrected chi connectivity index (χ0v) is 9.41. The van der Waals surface area contributed by atoms with Crippen molar-refractivity contribution in [3.8, 4) is 0 Å². The normalized spacial score (nSPS) is 10.6. The lowest BCUT2D eigenvalue weighted by Crippen LogP contribution is -2.29. The lowest BCUT2D eigenvalue weighted by Gasteiger charge is -2.05. The molecule has 0 atom stereocenters. The summed E-state index contributed by atoms with van der Waals surface area (Å²) < 4.78 is 26.3. The number of aromatic nitrogens is 1. The molecule has 0 fully saturated rings. The summed E-state index contributed by atoms with van der Waals surface area (Å²) in [6, 6.07) is 3.83. The van der Waals surface area contributed by atoms with Gasteiger partial charge in [0.05, 0.1) is 5.56 Å². The van der Waals surface area contributed by atoms with E-state index >= 15 is 0 Å². The van der Waals surface area contributed by atoms with Crippen LogP contribution >= 0.6 is 0 Å². The zero-order valence-electron chi connectivity index (χ0n) is 9.41. The van der Waals surface area contributed by atoms with Gasteiger partial charge in [-0.2, -0.15) is 0 Å². The van der Waals surface area contributed by atoms with Gasteiger partial charge in [0.2, 0.25) is 0 Å². The van der Waals surface area contributed by atoms with E-state index in [1.54, 1.807) is 0 Å². The Morgan fingerprint density at radius 2 is 2.17 bits per heavy atom. The maximum atomic E-state index is 13.4. The fourth-order valence-electron chi connectivity index (χ4n) is 1.55. The number of benzene rings is 1. The van der Waals surface area contributed by atoms with Gasteiger partial charge in [0.25, 0.3) is 5.91 Å². The molecular weight excluding hydrogens is 240 g/mol. The summed E-state index contributed by atoms with van der Waals surface area (Å²) >= 11 is 0. The van der Waals surface area contributed by atoms with Crippen molar-refractivity contribution in [1.82, 2.24) is 10.3 Å². The molecule has 6 heteroatoms. The average molecular weight is 251 g/mol. The van der Waals surface area contributed by atoms with Crippen molar-refractivity contribution >= 4 is 16.8 Å². The first kappa shape index (κ1) is 12.4. The first-order chi connectivity index (χ1) is 8.63. The number of halogens is 2. The van der Waals surface area contributed by atoms with Crippen LogP contribution in [0.1, 0.15) is 10.4 Å². The molecule has 4 nitrogen and oxygen atoms in total. The Balaban J connectivity index is 2.39. The van der Waals surface area contributed by atoms with Crippen molar-refractivity contribution in [2.24, 2.45) is 5.73 Å². The van der Waals surface area contributed by atoms with Crippen LogP contribution in [0.25, 0.3) is 10.9 Å². The van der Waals surface area contributed by atoms with E-state index in [9.17, 15) is 13.6 Å². The molecule has 2 rings (SSSR count). The minimum atomic E-state index is -1.01. The van der Waals surface area contributed by atoms with E-state index in [1.807, 2.05) is 0 Å². The molecule has 1 aromatic heterocycles. The Morgan fingerprint density at radius 1 is 1.39 bits per heavy atom. The van der Waals surface area contributed by atoms with Crippen LogP contribution in [0.2, 0.25) is 0 Å². The summed E-state index contributed by atoms with van der Waals surface area (Å²) in [6.07, 6.45) is 1.21. The lowest BCUT2D eigenvalue weighted by atomic mass is 10.1. The number of amides is 1. The number of carbonyl (C=O) groups excluding carboxylic acids is 1. The van der Waals surface area contributed by atoms with Gasteiger partial charge in [-0.05, 0) is 18.2 Å². The van der Waals surface area contributed by atoms with Crippen LogP contribution in [0.15, 0.2) is 24.4 Å². The third-order valence-corrected chi connectivity index (χ3v) is 2.44. The predicted molar refractivity (Wildman–Crippen MR) is 63.0 cm³/mol. The molecule has 0 aliphatic heterocycles. The number of hydrogen-bond donors (Lipinski definition) is 2. The third-order valence-electron chi connectivity index (χ3n) is 2.44. The number of pyridine rings is 1. The predicted octanol–water partition coefficient (Wildman–Crippen LogP) is 1.20. The first-order valence-electron chi connectivity index (χ1n) is 5.35. The fraction of sp³-hybridized carbons (Fsp3) is 0.167. The largest absolute Gasteiger partial charge is 0.351 e. The summed E-state index contributed by atoms with van der Waals surface area (Å²) in [6.45, 7) is 0.668. The number of nitrogens with one attached hydrogen (secondary N) is 1. The molecule has 0 bridgehead atoms. The fourth-order valence-corrected chi connectivity index (χ4v) is 1.55. The van der Waals surface area contributed by atoms with Crippen LogP contribution < -0.4 is 11.1 Å². The average Bonchev–Trinajstić information content (AvgIpc) is 2.40. The van der Waals surface area contributed by atoms with Gasteiger partial charge in [-0.25, -0.2) is 8.78 Å². The number of fused-ring (bicyclic) bond motifs is 1. The second kappa shape index (κ2) is 5.05. The summed E-state index contributed by atoms with van der Waals surface area (Å²) in [5, 5.41) is 2.94. The maximum Gasteiger partial charge on any atom is 0.252 e. The molecule has 0 saturated heterocycles. The van der Waals surface area contributed by atoms with Gasteiger partial charge in [-0.3, -0.25) is 9.78 Å². The molecule has 0 spiro atoms. The molecule has 18 heavy (non-hydrogen) atoms. The number of carbonyl (C=O) groups is 1. The second-order valence-corrected chi connectivity index (χ2v) is 3.70. The highest BCUT2D eigenvalue weighted by Crippen LogP contribution is 2.19. The smallest absolute Gasteiger partial charge is 0.252 e. The number of rotatable bonds is 3. The standard InChI is InChI=1S/C12H11F2N3O/c13-9-2-1-7-5-8(12(18)16-4-3-15)6-17-11(7)10(9)14/h1-2,5-6H,3-4,15H2,(H,16,18). The molecule has 0 saturated carbocycles. The Hall–Kier alpha value is -2.08. The van der Waals surface area contributed by atoms with Gasteiger partial charge >= 0.3 is 0 Å². The van der Waals surface area contributed by atoms with Gasteiger partial charge in [0.1, 0.15) is 5.52 Å². The highest BCUT2D eigenvalue weighted by molar-refractivity contribution is 5.97. The maximum absolute atomic E-state index is 13.4. The minimum absolute atomic E-state index is 0.0922. The Bertz CT molecular complexity index is 601. The molecular formula is C12H11F2N3O. The summed E-state index contributed by atoms with van der Waals surface area (Å²) in [7, 11) is 0. The Labute approximate surface area is 102 Å². The van der Waals surface area contributed by atoms with Gasteiger partial charge in [0.15, 0.2) is 11.6 Å². The molecule has 3 N–H and O–H groups in total. The van der Waals surface area contributed by atoms with Crippen molar-refractivity contribution in [2.75, 3.05) is 13.1 Å². The summed E-state index contributed by atoms with van der Waals surface area (Å²) in [4.78, 5) is 15.4. The first-order valence-corrected chi connectivity index (χ1v) is 5.35. The number of nitrogens with two attached hydrogens (primary N) is 1. The van der Waals surface area contributed by atoms with Crippen LogP contribution in [0, 0.1) is 11.6 Å². The second-order valence-electron chi connectivity index (χ2n) is 3.70. The van der Waals surface area contributed by atoms with Crippen molar-refractivity contribution in [3.05, 3.63) is 41.6 Å². The number of hydrogen-bond acceptors (Lipinski definition) is 3. The quantitative estimate of drug-likeness (QED) is 0.861. The number of nitrogens with zero attached hydrogens (tertiary/aromatic N) is 1. The minimum Gasteiger partial charge on any atom is -0.351 e. The molecule has 0 unspecified atom stereocenters. The van der Waals surface area contributed by atoms with Crippen LogP contribution in [0.4, 0.5) is 8.78 Å². The Morgan fingerprint density at radius 3 is 2.89 bits per heavy atom. The van der Waals surface area contributed by atoms with Crippen molar-refractivity contribution in [3.63, 3.8) is 0 Å². The van der Waals surface area contributed by atoms with E-state index in [0.717, 1.165) is 6.07 Å². The molecule has 94 valence electrons. The topological polar surface area (TPSA) is 68.0 Å². The van der Waals surface area contributed by atoms with Crippen LogP contribution in [0.5, 0.6) is 0 Å².